The molecule has 0 radical (unpaired) electrons. The lowest BCUT2D eigenvalue weighted by atomic mass is 10.1. The van der Waals surface area contributed by atoms with Gasteiger partial charge in [-0.2, -0.15) is 0 Å². The predicted molar refractivity (Wildman–Crippen MR) is 75.5 cm³/mol. The fourth-order valence-electron chi connectivity index (χ4n) is 1.76. The van der Waals surface area contributed by atoms with Gasteiger partial charge in [0.2, 0.25) is 0 Å². The molecule has 0 saturated heterocycles. The number of halogens is 1. The molecule has 0 saturated carbocycles. The highest BCUT2D eigenvalue weighted by Gasteiger charge is 2.17. The average Bonchev–Trinajstić information content (AvgIpc) is 2.30. The summed E-state index contributed by atoms with van der Waals surface area (Å²) in [6.45, 7) is 7.79. The zero-order valence-electron chi connectivity index (χ0n) is 11.4. The zero-order valence-corrected chi connectivity index (χ0v) is 12.2. The first-order valence-electron chi connectivity index (χ1n) is 6.13. The number of benzene rings is 1. The molecule has 0 fully saturated rings. The van der Waals surface area contributed by atoms with Gasteiger partial charge in [0.15, 0.2) is 0 Å². The van der Waals surface area contributed by atoms with Crippen LogP contribution in [-0.4, -0.2) is 23.7 Å². The lowest BCUT2D eigenvalue weighted by Gasteiger charge is -2.25. The van der Waals surface area contributed by atoms with Gasteiger partial charge in [0.1, 0.15) is 5.02 Å². The summed E-state index contributed by atoms with van der Waals surface area (Å²) in [4.78, 5) is 10.3. The van der Waals surface area contributed by atoms with Crippen LogP contribution in [0.2, 0.25) is 5.02 Å². The summed E-state index contributed by atoms with van der Waals surface area (Å²) in [6, 6.07) is 4.81. The number of nitrogens with one attached hydrogen (secondary N) is 1. The molecule has 0 aliphatic heterocycles. The van der Waals surface area contributed by atoms with Gasteiger partial charge in [0, 0.05) is 25.8 Å². The second-order valence-corrected chi connectivity index (χ2v) is 5.25. The lowest BCUT2D eigenvalue weighted by molar-refractivity contribution is -0.384. The summed E-state index contributed by atoms with van der Waals surface area (Å²) in [5.41, 5.74) is 0.501. The van der Waals surface area contributed by atoms with E-state index in [4.69, 9.17) is 16.3 Å². The van der Waals surface area contributed by atoms with Crippen molar-refractivity contribution in [1.29, 1.82) is 0 Å². The fourth-order valence-corrected chi connectivity index (χ4v) is 1.94. The van der Waals surface area contributed by atoms with Crippen molar-refractivity contribution in [3.63, 3.8) is 0 Å². The largest absolute Gasteiger partial charge is 0.375 e. The van der Waals surface area contributed by atoms with E-state index in [0.29, 0.717) is 19.7 Å². The van der Waals surface area contributed by atoms with Gasteiger partial charge in [0.25, 0.3) is 5.69 Å². The third kappa shape index (κ3) is 5.14. The Kier molecular flexibility index (Phi) is 5.72. The van der Waals surface area contributed by atoms with Crippen molar-refractivity contribution in [1.82, 2.24) is 5.32 Å². The van der Waals surface area contributed by atoms with E-state index >= 15 is 0 Å². The van der Waals surface area contributed by atoms with E-state index in [9.17, 15) is 10.1 Å². The highest BCUT2D eigenvalue weighted by Crippen LogP contribution is 2.25. The molecular weight excluding hydrogens is 268 g/mol. The summed E-state index contributed by atoms with van der Waals surface area (Å²) in [5.74, 6) is 0. The van der Waals surface area contributed by atoms with Crippen molar-refractivity contribution in [2.75, 3.05) is 13.2 Å². The van der Waals surface area contributed by atoms with Crippen LogP contribution < -0.4 is 5.32 Å². The normalized spacial score (nSPS) is 11.6. The Balaban J connectivity index is 2.59. The topological polar surface area (TPSA) is 64.4 Å². The van der Waals surface area contributed by atoms with E-state index in [-0.39, 0.29) is 16.3 Å². The molecule has 0 atom stereocenters. The molecule has 0 amide bonds. The van der Waals surface area contributed by atoms with Crippen LogP contribution in [-0.2, 0) is 11.3 Å². The van der Waals surface area contributed by atoms with Gasteiger partial charge >= 0.3 is 0 Å². The van der Waals surface area contributed by atoms with E-state index in [1.165, 1.54) is 6.07 Å². The van der Waals surface area contributed by atoms with Crippen molar-refractivity contribution < 1.29 is 9.66 Å². The lowest BCUT2D eigenvalue weighted by Crippen LogP contribution is -2.37. The minimum Gasteiger partial charge on any atom is -0.375 e. The van der Waals surface area contributed by atoms with Gasteiger partial charge in [-0.15, -0.1) is 0 Å². The Bertz CT molecular complexity index is 450. The number of rotatable bonds is 7. The van der Waals surface area contributed by atoms with Crippen molar-refractivity contribution in [3.8, 4) is 0 Å². The summed E-state index contributed by atoms with van der Waals surface area (Å²) >= 11 is 5.76. The Morgan fingerprint density at radius 2 is 2.16 bits per heavy atom. The van der Waals surface area contributed by atoms with Gasteiger partial charge in [-0.25, -0.2) is 0 Å². The van der Waals surface area contributed by atoms with Crippen LogP contribution in [0.3, 0.4) is 0 Å². The molecule has 0 aliphatic carbocycles. The van der Waals surface area contributed by atoms with Crippen LogP contribution in [0, 0.1) is 10.1 Å². The van der Waals surface area contributed by atoms with Gasteiger partial charge in [-0.1, -0.05) is 17.7 Å². The quantitative estimate of drug-likeness (QED) is 0.618. The molecule has 5 nitrogen and oxygen atoms in total. The van der Waals surface area contributed by atoms with Gasteiger partial charge in [0.05, 0.1) is 10.5 Å². The standard InChI is InChI=1S/C13H19ClN2O3/c1-4-19-13(2,3)9-15-8-10-5-6-11(14)12(7-10)16(17)18/h5-7,15H,4,8-9H2,1-3H3. The van der Waals surface area contributed by atoms with E-state index in [0.717, 1.165) is 5.56 Å². The maximum absolute atomic E-state index is 10.8. The summed E-state index contributed by atoms with van der Waals surface area (Å²) in [5, 5.41) is 14.2. The van der Waals surface area contributed by atoms with Crippen molar-refractivity contribution in [2.45, 2.75) is 32.9 Å². The number of nitro benzene ring substituents is 1. The van der Waals surface area contributed by atoms with Gasteiger partial charge < -0.3 is 10.1 Å². The number of hydrogen-bond acceptors (Lipinski definition) is 4. The number of hydrogen-bond donors (Lipinski definition) is 1. The molecule has 0 unspecified atom stereocenters. The molecule has 0 aromatic heterocycles. The van der Waals surface area contributed by atoms with Crippen molar-refractivity contribution >= 4 is 17.3 Å². The number of nitro groups is 1. The Labute approximate surface area is 118 Å². The highest BCUT2D eigenvalue weighted by atomic mass is 35.5. The first-order chi connectivity index (χ1) is 8.85. The molecule has 1 rings (SSSR count). The average molecular weight is 287 g/mol. The predicted octanol–water partition coefficient (Wildman–Crippen LogP) is 3.15. The molecule has 106 valence electrons. The van der Waals surface area contributed by atoms with Crippen LogP contribution in [0.5, 0.6) is 0 Å². The summed E-state index contributed by atoms with van der Waals surface area (Å²) in [6.07, 6.45) is 0. The van der Waals surface area contributed by atoms with Crippen LogP contribution in [0.15, 0.2) is 18.2 Å². The molecule has 0 aliphatic rings. The molecular formula is C13H19ClN2O3. The summed E-state index contributed by atoms with van der Waals surface area (Å²) in [7, 11) is 0. The molecule has 1 aromatic carbocycles. The molecule has 0 bridgehead atoms. The number of ether oxygens (including phenoxy) is 1. The smallest absolute Gasteiger partial charge is 0.288 e. The third-order valence-electron chi connectivity index (χ3n) is 2.62. The van der Waals surface area contributed by atoms with E-state index in [1.807, 2.05) is 20.8 Å². The number of nitrogens with zero attached hydrogens (tertiary/aromatic N) is 1. The molecule has 19 heavy (non-hydrogen) atoms. The Hall–Kier alpha value is -1.17. The second-order valence-electron chi connectivity index (χ2n) is 4.84. The zero-order chi connectivity index (χ0) is 14.5. The third-order valence-corrected chi connectivity index (χ3v) is 2.94. The first kappa shape index (κ1) is 15.9. The summed E-state index contributed by atoms with van der Waals surface area (Å²) < 4.78 is 5.56. The minimum atomic E-state index is -0.476. The maximum Gasteiger partial charge on any atom is 0.288 e. The fraction of sp³-hybridized carbons (Fsp3) is 0.538. The van der Waals surface area contributed by atoms with Crippen LogP contribution >= 0.6 is 11.6 Å². The minimum absolute atomic E-state index is 0.0648. The second kappa shape index (κ2) is 6.84. The molecule has 1 aromatic rings. The van der Waals surface area contributed by atoms with Crippen LogP contribution in [0.4, 0.5) is 5.69 Å². The van der Waals surface area contributed by atoms with E-state index in [1.54, 1.807) is 12.1 Å². The van der Waals surface area contributed by atoms with Crippen molar-refractivity contribution in [2.24, 2.45) is 0 Å². The first-order valence-corrected chi connectivity index (χ1v) is 6.51. The SMILES string of the molecule is CCOC(C)(C)CNCc1ccc(Cl)c([N+](=O)[O-])c1. The molecule has 1 N–H and O–H groups in total. The van der Waals surface area contributed by atoms with E-state index < -0.39 is 4.92 Å². The van der Waals surface area contributed by atoms with Crippen molar-refractivity contribution in [3.05, 3.63) is 38.9 Å². The molecule has 6 heteroatoms. The van der Waals surface area contributed by atoms with Crippen LogP contribution in [0.25, 0.3) is 0 Å². The van der Waals surface area contributed by atoms with Gasteiger partial charge in [-0.3, -0.25) is 10.1 Å². The highest BCUT2D eigenvalue weighted by molar-refractivity contribution is 6.32. The van der Waals surface area contributed by atoms with E-state index in [2.05, 4.69) is 5.32 Å². The monoisotopic (exact) mass is 286 g/mol. The van der Waals surface area contributed by atoms with Crippen LogP contribution in [0.1, 0.15) is 26.3 Å². The maximum atomic E-state index is 10.8. The Morgan fingerprint density at radius 1 is 1.47 bits per heavy atom. The molecule has 0 spiro atoms. The van der Waals surface area contributed by atoms with Gasteiger partial charge in [-0.05, 0) is 32.4 Å². The molecule has 0 heterocycles. The Morgan fingerprint density at radius 3 is 2.74 bits per heavy atom.